The summed E-state index contributed by atoms with van der Waals surface area (Å²) in [5.41, 5.74) is 0. The summed E-state index contributed by atoms with van der Waals surface area (Å²) in [6.07, 6.45) is 74.7. The van der Waals surface area contributed by atoms with Gasteiger partial charge in [-0.05, 0) is 57.8 Å². The minimum absolute atomic E-state index is 0.172. The number of ether oxygens (including phenoxy) is 2. The van der Waals surface area contributed by atoms with Gasteiger partial charge in [0.25, 0.3) is 0 Å². The third kappa shape index (κ3) is 52.4. The van der Waals surface area contributed by atoms with E-state index in [0.29, 0.717) is 19.6 Å². The van der Waals surface area contributed by atoms with Crippen molar-refractivity contribution in [1.82, 2.24) is 0 Å². The molecule has 0 saturated carbocycles. The molecular weight excluding hydrogens is 761 g/mol. The van der Waals surface area contributed by atoms with Gasteiger partial charge in [0.15, 0.2) is 0 Å². The molecule has 1 N–H and O–H groups in total. The normalized spacial score (nSPS) is 12.8. The van der Waals surface area contributed by atoms with E-state index in [4.69, 9.17) is 9.47 Å². The zero-order valence-electron chi connectivity index (χ0n) is 41.6. The Kier molecular flexibility index (Phi) is 53.5. The third-order valence-corrected chi connectivity index (χ3v) is 12.1. The lowest BCUT2D eigenvalue weighted by atomic mass is 10.0. The highest BCUT2D eigenvalue weighted by Gasteiger charge is 2.13. The van der Waals surface area contributed by atoms with Gasteiger partial charge in [-0.25, -0.2) is 0 Å². The highest BCUT2D eigenvalue weighted by atomic mass is 16.6. The number of esters is 1. The van der Waals surface area contributed by atoms with E-state index >= 15 is 0 Å². The number of hydrogen-bond acceptors (Lipinski definition) is 4. The second kappa shape index (κ2) is 55.2. The van der Waals surface area contributed by atoms with Gasteiger partial charge in [-0.15, -0.1) is 0 Å². The molecule has 0 fully saturated rings. The first kappa shape index (κ1) is 60.1. The van der Waals surface area contributed by atoms with Gasteiger partial charge in [-0.2, -0.15) is 0 Å². The number of carbonyl (C=O) groups excluding carboxylic acids is 1. The summed E-state index contributed by atoms with van der Waals surface area (Å²) in [4.78, 5) is 12.3. The number of aliphatic hydroxyl groups is 1. The highest BCUT2D eigenvalue weighted by molar-refractivity contribution is 5.69. The van der Waals surface area contributed by atoms with Gasteiger partial charge in [0, 0.05) is 13.0 Å². The van der Waals surface area contributed by atoms with Gasteiger partial charge in [0.1, 0.15) is 6.10 Å². The Balaban J connectivity index is 3.40. The van der Waals surface area contributed by atoms with Crippen molar-refractivity contribution in [2.75, 3.05) is 19.8 Å². The Bertz CT molecular complexity index is 1010. The van der Waals surface area contributed by atoms with E-state index in [2.05, 4.69) is 74.6 Å². The van der Waals surface area contributed by atoms with E-state index in [9.17, 15) is 9.90 Å². The summed E-state index contributed by atoms with van der Waals surface area (Å²) in [5, 5.41) is 9.67. The molecule has 4 nitrogen and oxygen atoms in total. The Labute approximate surface area is 387 Å². The molecule has 362 valence electrons. The Morgan fingerprint density at radius 1 is 0.403 bits per heavy atom. The third-order valence-electron chi connectivity index (χ3n) is 12.1. The Morgan fingerprint density at radius 2 is 0.726 bits per heavy atom. The number of rotatable bonds is 51. The molecule has 0 aliphatic rings. The van der Waals surface area contributed by atoms with E-state index in [-0.39, 0.29) is 12.6 Å². The summed E-state index contributed by atoms with van der Waals surface area (Å²) in [7, 11) is 0. The number of unbranched alkanes of at least 4 members (excludes halogenated alkanes) is 33. The van der Waals surface area contributed by atoms with Gasteiger partial charge in [-0.1, -0.05) is 274 Å². The van der Waals surface area contributed by atoms with Gasteiger partial charge in [0.2, 0.25) is 0 Å². The van der Waals surface area contributed by atoms with Gasteiger partial charge in [-0.3, -0.25) is 4.79 Å². The topological polar surface area (TPSA) is 55.8 Å². The molecule has 1 unspecified atom stereocenters. The van der Waals surface area contributed by atoms with E-state index < -0.39 is 6.10 Å². The van der Waals surface area contributed by atoms with Crippen molar-refractivity contribution in [1.29, 1.82) is 0 Å². The maximum Gasteiger partial charge on any atom is 0.306 e. The number of hydrogen-bond donors (Lipinski definition) is 1. The molecule has 0 aromatic heterocycles. The van der Waals surface area contributed by atoms with Crippen molar-refractivity contribution in [2.24, 2.45) is 0 Å². The number of aliphatic hydroxyl groups excluding tert-OH is 1. The lowest BCUT2D eigenvalue weighted by Crippen LogP contribution is -2.27. The van der Waals surface area contributed by atoms with Crippen LogP contribution in [0.5, 0.6) is 0 Å². The molecule has 0 aromatic carbocycles. The van der Waals surface area contributed by atoms with Crippen LogP contribution in [0.25, 0.3) is 0 Å². The highest BCUT2D eigenvalue weighted by Crippen LogP contribution is 2.17. The second-order valence-corrected chi connectivity index (χ2v) is 18.3. The predicted molar refractivity (Wildman–Crippen MR) is 274 cm³/mol. The zero-order chi connectivity index (χ0) is 44.8. The first-order chi connectivity index (χ1) is 30.7. The molecule has 0 spiro atoms. The molecule has 0 heterocycles. The molecule has 0 saturated heterocycles. The van der Waals surface area contributed by atoms with E-state index in [1.807, 2.05) is 0 Å². The smallest absolute Gasteiger partial charge is 0.306 e. The summed E-state index contributed by atoms with van der Waals surface area (Å²) < 4.78 is 11.2. The average molecular weight is 867 g/mol. The fourth-order valence-electron chi connectivity index (χ4n) is 8.06. The summed E-state index contributed by atoms with van der Waals surface area (Å²) in [6.45, 7) is 5.26. The monoisotopic (exact) mass is 867 g/mol. The van der Waals surface area contributed by atoms with Crippen LogP contribution in [-0.2, 0) is 14.3 Å². The van der Waals surface area contributed by atoms with Crippen LogP contribution < -0.4 is 0 Å². The molecule has 4 heteroatoms. The molecule has 0 bridgehead atoms. The molecule has 62 heavy (non-hydrogen) atoms. The minimum atomic E-state index is -0.538. The predicted octanol–water partition coefficient (Wildman–Crippen LogP) is 18.7. The fraction of sp³-hybridized carbons (Fsp3) is 0.810. The quantitative estimate of drug-likeness (QED) is 0.0376. The van der Waals surface area contributed by atoms with Crippen LogP contribution in [0.15, 0.2) is 60.8 Å². The van der Waals surface area contributed by atoms with Crippen LogP contribution >= 0.6 is 0 Å². The van der Waals surface area contributed by atoms with Crippen molar-refractivity contribution in [3.63, 3.8) is 0 Å². The largest absolute Gasteiger partial charge is 0.457 e. The van der Waals surface area contributed by atoms with Crippen LogP contribution in [0.2, 0.25) is 0 Å². The SMILES string of the molecule is CC/C=C\C/C=C\C/C=C\C/C=C\C/C=C\CCCCCCCCCCCCOCC(CO)OC(=O)CCCCCCCCCCCCCCCCCCCCCCCCCC. The molecule has 0 aliphatic heterocycles. The van der Waals surface area contributed by atoms with Crippen LogP contribution in [0.1, 0.15) is 277 Å². The summed E-state index contributed by atoms with van der Waals surface area (Å²) >= 11 is 0. The minimum Gasteiger partial charge on any atom is -0.457 e. The van der Waals surface area contributed by atoms with Crippen molar-refractivity contribution < 1.29 is 19.4 Å². The van der Waals surface area contributed by atoms with E-state index in [1.54, 1.807) is 0 Å². The molecule has 1 atom stereocenters. The molecule has 0 radical (unpaired) electrons. The average Bonchev–Trinajstić information content (AvgIpc) is 3.28. The lowest BCUT2D eigenvalue weighted by Gasteiger charge is -2.16. The van der Waals surface area contributed by atoms with Crippen LogP contribution in [0, 0.1) is 0 Å². The number of allylic oxidation sites excluding steroid dienone is 10. The first-order valence-corrected chi connectivity index (χ1v) is 27.4. The summed E-state index contributed by atoms with van der Waals surface area (Å²) in [5.74, 6) is -0.197. The Hall–Kier alpha value is -1.91. The standard InChI is InChI=1S/C58H106O4/c1-3-5-7-9-11-13-15-17-19-21-23-25-27-29-30-32-34-36-38-40-42-44-46-48-50-52-54-61-56-57(55-59)62-58(60)53-51-49-47-45-43-41-39-37-35-33-31-28-26-24-22-20-18-16-14-12-10-8-6-4-2/h5,7,11,13,17,19,23,25,29-30,57,59H,3-4,6,8-10,12,14-16,18,20-22,24,26-28,31-56H2,1-2H3/b7-5-,13-11-,19-17-,25-23-,30-29-. The van der Waals surface area contributed by atoms with Gasteiger partial charge in [0.05, 0.1) is 13.2 Å². The van der Waals surface area contributed by atoms with Crippen LogP contribution in [0.3, 0.4) is 0 Å². The first-order valence-electron chi connectivity index (χ1n) is 27.4. The maximum atomic E-state index is 12.3. The van der Waals surface area contributed by atoms with Crippen LogP contribution in [-0.4, -0.2) is 37.0 Å². The van der Waals surface area contributed by atoms with Crippen molar-refractivity contribution in [3.05, 3.63) is 60.8 Å². The lowest BCUT2D eigenvalue weighted by molar-refractivity contribution is -0.154. The van der Waals surface area contributed by atoms with E-state index in [1.165, 1.54) is 205 Å². The van der Waals surface area contributed by atoms with Gasteiger partial charge < -0.3 is 14.6 Å². The molecule has 0 aromatic rings. The van der Waals surface area contributed by atoms with Crippen LogP contribution in [0.4, 0.5) is 0 Å². The van der Waals surface area contributed by atoms with E-state index in [0.717, 1.165) is 51.4 Å². The number of carbonyl (C=O) groups is 1. The molecule has 0 amide bonds. The maximum absolute atomic E-state index is 12.3. The van der Waals surface area contributed by atoms with Gasteiger partial charge >= 0.3 is 5.97 Å². The fourth-order valence-corrected chi connectivity index (χ4v) is 8.06. The van der Waals surface area contributed by atoms with Crippen molar-refractivity contribution in [2.45, 2.75) is 283 Å². The molecule has 0 aliphatic carbocycles. The summed E-state index contributed by atoms with van der Waals surface area (Å²) in [6, 6.07) is 0. The zero-order valence-corrected chi connectivity index (χ0v) is 41.6. The Morgan fingerprint density at radius 3 is 1.10 bits per heavy atom. The molecule has 0 rings (SSSR count). The van der Waals surface area contributed by atoms with Crippen molar-refractivity contribution >= 4 is 5.97 Å². The molecular formula is C58H106O4. The second-order valence-electron chi connectivity index (χ2n) is 18.3. The van der Waals surface area contributed by atoms with Crippen molar-refractivity contribution in [3.8, 4) is 0 Å².